The summed E-state index contributed by atoms with van der Waals surface area (Å²) in [7, 11) is 0. The van der Waals surface area contributed by atoms with Crippen molar-refractivity contribution in [3.8, 4) is 11.5 Å². The van der Waals surface area contributed by atoms with Gasteiger partial charge >= 0.3 is 0 Å². The third kappa shape index (κ3) is 2.04. The van der Waals surface area contributed by atoms with Crippen LogP contribution in [-0.4, -0.2) is 10.9 Å². The van der Waals surface area contributed by atoms with Crippen LogP contribution in [0.2, 0.25) is 5.02 Å². The SMILES string of the molecule is O=C1/C(=C/c2c(F)cccc2Cl)Oc2cc(O)ccc21. The Hall–Kier alpha value is -2.33. The van der Waals surface area contributed by atoms with E-state index in [2.05, 4.69) is 0 Å². The number of ketones is 1. The van der Waals surface area contributed by atoms with Crippen LogP contribution in [0.1, 0.15) is 15.9 Å². The van der Waals surface area contributed by atoms with Crippen molar-refractivity contribution in [2.24, 2.45) is 0 Å². The van der Waals surface area contributed by atoms with E-state index in [1.54, 1.807) is 0 Å². The minimum atomic E-state index is -0.541. The highest BCUT2D eigenvalue weighted by Crippen LogP contribution is 2.35. The minimum Gasteiger partial charge on any atom is -0.508 e. The number of ether oxygens (including phenoxy) is 1. The first-order chi connectivity index (χ1) is 9.56. The molecule has 1 N–H and O–H groups in total. The zero-order valence-corrected chi connectivity index (χ0v) is 10.8. The van der Waals surface area contributed by atoms with Crippen LogP contribution < -0.4 is 4.74 Å². The van der Waals surface area contributed by atoms with Crippen molar-refractivity contribution in [2.75, 3.05) is 0 Å². The van der Waals surface area contributed by atoms with Gasteiger partial charge in [0.1, 0.15) is 17.3 Å². The number of carbonyl (C=O) groups excluding carboxylic acids is 1. The summed E-state index contributed by atoms with van der Waals surface area (Å²) in [6.07, 6.45) is 1.26. The molecule has 2 aromatic rings. The summed E-state index contributed by atoms with van der Waals surface area (Å²) in [6, 6.07) is 8.42. The highest BCUT2D eigenvalue weighted by atomic mass is 35.5. The topological polar surface area (TPSA) is 46.5 Å². The van der Waals surface area contributed by atoms with Crippen molar-refractivity contribution >= 4 is 23.5 Å². The molecule has 0 spiro atoms. The molecule has 3 rings (SSSR count). The molecule has 0 aliphatic carbocycles. The second kappa shape index (κ2) is 4.65. The van der Waals surface area contributed by atoms with E-state index in [9.17, 15) is 14.3 Å². The zero-order valence-electron chi connectivity index (χ0n) is 10.1. The predicted molar refractivity (Wildman–Crippen MR) is 72.5 cm³/mol. The third-order valence-electron chi connectivity index (χ3n) is 2.93. The van der Waals surface area contributed by atoms with E-state index in [0.29, 0.717) is 5.56 Å². The molecular weight excluding hydrogens is 283 g/mol. The largest absolute Gasteiger partial charge is 0.508 e. The summed E-state index contributed by atoms with van der Waals surface area (Å²) < 4.78 is 19.0. The Morgan fingerprint density at radius 3 is 2.80 bits per heavy atom. The maximum absolute atomic E-state index is 13.7. The molecule has 0 saturated carbocycles. The fourth-order valence-electron chi connectivity index (χ4n) is 1.96. The average Bonchev–Trinajstić information content (AvgIpc) is 2.70. The molecule has 1 heterocycles. The number of allylic oxidation sites excluding steroid dienone is 1. The summed E-state index contributed by atoms with van der Waals surface area (Å²) in [4.78, 5) is 12.1. The molecule has 1 aliphatic rings. The Balaban J connectivity index is 2.06. The van der Waals surface area contributed by atoms with Crippen molar-refractivity contribution in [2.45, 2.75) is 0 Å². The predicted octanol–water partition coefficient (Wildman–Crippen LogP) is 3.80. The number of carbonyl (C=O) groups is 1. The summed E-state index contributed by atoms with van der Waals surface area (Å²) in [5.41, 5.74) is 0.413. The quantitative estimate of drug-likeness (QED) is 0.813. The minimum absolute atomic E-state index is 0.0123. The van der Waals surface area contributed by atoms with Gasteiger partial charge in [-0.15, -0.1) is 0 Å². The molecule has 0 unspecified atom stereocenters. The lowest BCUT2D eigenvalue weighted by atomic mass is 10.1. The van der Waals surface area contributed by atoms with Gasteiger partial charge in [0.15, 0.2) is 5.76 Å². The molecule has 0 amide bonds. The molecule has 5 heteroatoms. The second-order valence-corrected chi connectivity index (χ2v) is 4.66. The van der Waals surface area contributed by atoms with Crippen LogP contribution in [0.5, 0.6) is 11.5 Å². The van der Waals surface area contributed by atoms with Gasteiger partial charge in [-0.2, -0.15) is 0 Å². The normalized spacial score (nSPS) is 15.3. The Morgan fingerprint density at radius 1 is 1.25 bits per heavy atom. The van der Waals surface area contributed by atoms with E-state index >= 15 is 0 Å². The van der Waals surface area contributed by atoms with Crippen LogP contribution in [0, 0.1) is 5.82 Å². The highest BCUT2D eigenvalue weighted by molar-refractivity contribution is 6.32. The first-order valence-electron chi connectivity index (χ1n) is 5.77. The fraction of sp³-hybridized carbons (Fsp3) is 0. The molecule has 3 nitrogen and oxygen atoms in total. The molecule has 0 aromatic heterocycles. The van der Waals surface area contributed by atoms with E-state index in [0.717, 1.165) is 0 Å². The van der Waals surface area contributed by atoms with Gasteiger partial charge in [-0.05, 0) is 30.3 Å². The molecule has 1 aliphatic heterocycles. The maximum atomic E-state index is 13.7. The lowest BCUT2D eigenvalue weighted by Crippen LogP contribution is -1.99. The van der Waals surface area contributed by atoms with Gasteiger partial charge in [-0.3, -0.25) is 4.79 Å². The molecule has 0 bridgehead atoms. The number of rotatable bonds is 1. The van der Waals surface area contributed by atoms with Crippen LogP contribution in [0.15, 0.2) is 42.2 Å². The first-order valence-corrected chi connectivity index (χ1v) is 6.15. The van der Waals surface area contributed by atoms with E-state index < -0.39 is 5.82 Å². The van der Waals surface area contributed by atoms with E-state index in [1.807, 2.05) is 0 Å². The van der Waals surface area contributed by atoms with Gasteiger partial charge in [0.25, 0.3) is 0 Å². The van der Waals surface area contributed by atoms with Crippen molar-refractivity contribution < 1.29 is 19.0 Å². The van der Waals surface area contributed by atoms with Crippen LogP contribution in [0.3, 0.4) is 0 Å². The Kier molecular flexibility index (Phi) is 2.95. The van der Waals surface area contributed by atoms with E-state index in [1.165, 1.54) is 42.5 Å². The number of halogens is 2. The standard InChI is InChI=1S/C15H8ClFO3/c16-11-2-1-3-12(17)10(11)7-14-15(19)9-5-4-8(18)6-13(9)20-14/h1-7,18H/b14-7-. The van der Waals surface area contributed by atoms with Gasteiger partial charge in [0, 0.05) is 11.6 Å². The summed E-state index contributed by atoms with van der Waals surface area (Å²) >= 11 is 5.90. The van der Waals surface area contributed by atoms with Crippen molar-refractivity contribution in [3.63, 3.8) is 0 Å². The Morgan fingerprint density at radius 2 is 2.05 bits per heavy atom. The number of Topliss-reactive ketones (excluding diaryl/α,β-unsaturated/α-hetero) is 1. The van der Waals surface area contributed by atoms with Crippen LogP contribution in [0.4, 0.5) is 4.39 Å². The van der Waals surface area contributed by atoms with Crippen molar-refractivity contribution in [3.05, 3.63) is 64.1 Å². The fourth-order valence-corrected chi connectivity index (χ4v) is 2.17. The maximum Gasteiger partial charge on any atom is 0.231 e. The number of aromatic hydroxyl groups is 1. The molecule has 100 valence electrons. The van der Waals surface area contributed by atoms with E-state index in [4.69, 9.17) is 16.3 Å². The summed E-state index contributed by atoms with van der Waals surface area (Å²) in [6.45, 7) is 0. The van der Waals surface area contributed by atoms with Gasteiger partial charge in [-0.1, -0.05) is 17.7 Å². The number of hydrogen-bond acceptors (Lipinski definition) is 3. The first kappa shape index (κ1) is 12.7. The summed E-state index contributed by atoms with van der Waals surface area (Å²) in [5.74, 6) is -0.715. The smallest absolute Gasteiger partial charge is 0.231 e. The third-order valence-corrected chi connectivity index (χ3v) is 3.26. The van der Waals surface area contributed by atoms with Gasteiger partial charge < -0.3 is 9.84 Å². The highest BCUT2D eigenvalue weighted by Gasteiger charge is 2.28. The van der Waals surface area contributed by atoms with Gasteiger partial charge in [-0.25, -0.2) is 4.39 Å². The number of hydrogen-bond donors (Lipinski definition) is 1. The molecule has 20 heavy (non-hydrogen) atoms. The van der Waals surface area contributed by atoms with Crippen LogP contribution in [-0.2, 0) is 0 Å². The molecule has 0 radical (unpaired) electrons. The lowest BCUT2D eigenvalue weighted by Gasteiger charge is -2.02. The van der Waals surface area contributed by atoms with Crippen molar-refractivity contribution in [1.82, 2.24) is 0 Å². The van der Waals surface area contributed by atoms with Crippen molar-refractivity contribution in [1.29, 1.82) is 0 Å². The van der Waals surface area contributed by atoms with E-state index in [-0.39, 0.29) is 33.6 Å². The lowest BCUT2D eigenvalue weighted by molar-refractivity contribution is 0.101. The summed E-state index contributed by atoms with van der Waals surface area (Å²) in [5, 5.41) is 9.54. The van der Waals surface area contributed by atoms with Crippen LogP contribution >= 0.6 is 11.6 Å². The molecular formula is C15H8ClFO3. The Bertz CT molecular complexity index is 733. The zero-order chi connectivity index (χ0) is 14.3. The van der Waals surface area contributed by atoms with Crippen LogP contribution in [0.25, 0.3) is 6.08 Å². The second-order valence-electron chi connectivity index (χ2n) is 4.26. The molecule has 0 saturated heterocycles. The Labute approximate surface area is 118 Å². The molecule has 0 fully saturated rings. The van der Waals surface area contributed by atoms with Gasteiger partial charge in [0.2, 0.25) is 5.78 Å². The van der Waals surface area contributed by atoms with Gasteiger partial charge in [0.05, 0.1) is 10.6 Å². The average molecular weight is 291 g/mol. The number of phenols is 1. The number of benzene rings is 2. The number of fused-ring (bicyclic) bond motifs is 1. The molecule has 2 aromatic carbocycles. The molecule has 0 atom stereocenters. The number of phenolic OH excluding ortho intramolecular Hbond substituents is 1. The monoisotopic (exact) mass is 290 g/mol.